The molecule has 1 fully saturated rings. The van der Waals surface area contributed by atoms with Crippen LogP contribution in [-0.4, -0.2) is 26.0 Å². The molecular weight excluding hydrogens is 288 g/mol. The summed E-state index contributed by atoms with van der Waals surface area (Å²) < 4.78 is 53.6. The number of piperazine rings is 1. The topological polar surface area (TPSA) is 33.3 Å². The number of hydrogen-bond donors (Lipinski definition) is 2. The molecule has 0 unspecified atom stereocenters. The Bertz CT molecular complexity index is 422. The van der Waals surface area contributed by atoms with Crippen LogP contribution in [0.5, 0.6) is 5.75 Å². The molecule has 2 N–H and O–H groups in total. The lowest BCUT2D eigenvalue weighted by molar-refractivity contribution is -0.274. The van der Waals surface area contributed by atoms with Crippen LogP contribution in [0.4, 0.5) is 17.6 Å². The standard InChI is InChI=1S/C11H12F4N2O.ClH/c12-9-2-1-7(18-11(13,14)15)5-8(9)10-6-16-3-4-17-10;/h1-2,5,10,16-17H,3-4,6H2;1H/t10-;/m1./s1. The molecule has 1 aromatic rings. The Kier molecular flexibility index (Phi) is 5.39. The largest absolute Gasteiger partial charge is 0.573 e. The third-order valence-corrected chi connectivity index (χ3v) is 2.62. The Morgan fingerprint density at radius 2 is 1.95 bits per heavy atom. The van der Waals surface area contributed by atoms with Crippen LogP contribution in [0.15, 0.2) is 18.2 Å². The third kappa shape index (κ3) is 4.52. The fraction of sp³-hybridized carbons (Fsp3) is 0.455. The summed E-state index contributed by atoms with van der Waals surface area (Å²) in [5.41, 5.74) is 0.170. The molecular formula is C11H13ClF4N2O. The predicted molar refractivity (Wildman–Crippen MR) is 63.9 cm³/mol. The number of halogens is 5. The van der Waals surface area contributed by atoms with Crippen LogP contribution in [-0.2, 0) is 0 Å². The number of hydrogen-bond acceptors (Lipinski definition) is 3. The van der Waals surface area contributed by atoms with Crippen molar-refractivity contribution in [1.29, 1.82) is 0 Å². The summed E-state index contributed by atoms with van der Waals surface area (Å²) in [7, 11) is 0. The van der Waals surface area contributed by atoms with E-state index in [-0.39, 0.29) is 24.0 Å². The minimum atomic E-state index is -4.77. The van der Waals surface area contributed by atoms with Crippen molar-refractivity contribution >= 4 is 12.4 Å². The third-order valence-electron chi connectivity index (χ3n) is 2.62. The minimum absolute atomic E-state index is 0. The molecule has 8 heteroatoms. The van der Waals surface area contributed by atoms with E-state index in [1.54, 1.807) is 0 Å². The maximum absolute atomic E-state index is 13.6. The van der Waals surface area contributed by atoms with Crippen molar-refractivity contribution in [3.63, 3.8) is 0 Å². The Hall–Kier alpha value is -1.05. The summed E-state index contributed by atoms with van der Waals surface area (Å²) in [5.74, 6) is -0.961. The van der Waals surface area contributed by atoms with Gasteiger partial charge in [-0.1, -0.05) is 0 Å². The number of ether oxygens (including phenoxy) is 1. The molecule has 1 saturated heterocycles. The molecule has 108 valence electrons. The van der Waals surface area contributed by atoms with E-state index in [0.29, 0.717) is 13.1 Å². The van der Waals surface area contributed by atoms with Gasteiger partial charge in [-0.3, -0.25) is 0 Å². The number of nitrogens with one attached hydrogen (secondary N) is 2. The van der Waals surface area contributed by atoms with Crippen molar-refractivity contribution in [2.75, 3.05) is 19.6 Å². The van der Waals surface area contributed by atoms with Crippen molar-refractivity contribution in [3.05, 3.63) is 29.6 Å². The quantitative estimate of drug-likeness (QED) is 0.823. The molecule has 1 atom stereocenters. The van der Waals surface area contributed by atoms with Gasteiger partial charge in [0, 0.05) is 31.2 Å². The van der Waals surface area contributed by atoms with E-state index in [2.05, 4.69) is 15.4 Å². The van der Waals surface area contributed by atoms with Crippen LogP contribution in [0, 0.1) is 5.82 Å². The molecule has 0 aliphatic carbocycles. The summed E-state index contributed by atoms with van der Waals surface area (Å²) in [4.78, 5) is 0. The first-order valence-corrected chi connectivity index (χ1v) is 5.45. The van der Waals surface area contributed by atoms with Gasteiger partial charge in [0.2, 0.25) is 0 Å². The van der Waals surface area contributed by atoms with Crippen LogP contribution >= 0.6 is 12.4 Å². The maximum atomic E-state index is 13.6. The lowest BCUT2D eigenvalue weighted by atomic mass is 10.0. The molecule has 0 spiro atoms. The number of benzene rings is 1. The first kappa shape index (κ1) is 16.0. The van der Waals surface area contributed by atoms with Crippen molar-refractivity contribution < 1.29 is 22.3 Å². The zero-order chi connectivity index (χ0) is 13.2. The lowest BCUT2D eigenvalue weighted by Crippen LogP contribution is -2.43. The van der Waals surface area contributed by atoms with E-state index in [1.807, 2.05) is 0 Å². The van der Waals surface area contributed by atoms with Crippen LogP contribution in [0.3, 0.4) is 0 Å². The minimum Gasteiger partial charge on any atom is -0.406 e. The fourth-order valence-electron chi connectivity index (χ4n) is 1.86. The van der Waals surface area contributed by atoms with Crippen molar-refractivity contribution in [3.8, 4) is 5.75 Å². The van der Waals surface area contributed by atoms with Crippen LogP contribution < -0.4 is 15.4 Å². The molecule has 0 saturated carbocycles. The van der Waals surface area contributed by atoms with Gasteiger partial charge in [0.05, 0.1) is 0 Å². The van der Waals surface area contributed by atoms with E-state index in [9.17, 15) is 17.6 Å². The maximum Gasteiger partial charge on any atom is 0.573 e. The fourth-order valence-corrected chi connectivity index (χ4v) is 1.86. The second kappa shape index (κ2) is 6.40. The monoisotopic (exact) mass is 300 g/mol. The van der Waals surface area contributed by atoms with Gasteiger partial charge in [0.25, 0.3) is 0 Å². The molecule has 1 aliphatic rings. The van der Waals surface area contributed by atoms with Crippen molar-refractivity contribution in [2.24, 2.45) is 0 Å². The van der Waals surface area contributed by atoms with Gasteiger partial charge in [-0.05, 0) is 18.2 Å². The van der Waals surface area contributed by atoms with Gasteiger partial charge in [-0.15, -0.1) is 25.6 Å². The molecule has 1 aliphatic heterocycles. The Morgan fingerprint density at radius 1 is 1.21 bits per heavy atom. The highest BCUT2D eigenvalue weighted by molar-refractivity contribution is 5.85. The average molecular weight is 301 g/mol. The molecule has 19 heavy (non-hydrogen) atoms. The van der Waals surface area contributed by atoms with Gasteiger partial charge in [-0.2, -0.15) is 0 Å². The Balaban J connectivity index is 0.00000180. The summed E-state index contributed by atoms with van der Waals surface area (Å²) in [5, 5.41) is 6.06. The number of rotatable bonds is 2. The van der Waals surface area contributed by atoms with E-state index in [4.69, 9.17) is 0 Å². The second-order valence-electron chi connectivity index (χ2n) is 3.94. The zero-order valence-corrected chi connectivity index (χ0v) is 10.6. The molecule has 0 radical (unpaired) electrons. The van der Waals surface area contributed by atoms with Crippen molar-refractivity contribution in [1.82, 2.24) is 10.6 Å². The molecule has 1 aromatic carbocycles. The van der Waals surface area contributed by atoms with E-state index >= 15 is 0 Å². The summed E-state index contributed by atoms with van der Waals surface area (Å²) in [6.45, 7) is 1.84. The lowest BCUT2D eigenvalue weighted by Gasteiger charge is -2.25. The van der Waals surface area contributed by atoms with E-state index in [0.717, 1.165) is 24.7 Å². The van der Waals surface area contributed by atoms with Gasteiger partial charge < -0.3 is 15.4 Å². The Morgan fingerprint density at radius 3 is 2.53 bits per heavy atom. The summed E-state index contributed by atoms with van der Waals surface area (Å²) >= 11 is 0. The predicted octanol–water partition coefficient (Wildman–Crippen LogP) is 2.38. The zero-order valence-electron chi connectivity index (χ0n) is 9.76. The highest BCUT2D eigenvalue weighted by atomic mass is 35.5. The van der Waals surface area contributed by atoms with Crippen LogP contribution in [0.25, 0.3) is 0 Å². The van der Waals surface area contributed by atoms with Crippen LogP contribution in [0.1, 0.15) is 11.6 Å². The first-order chi connectivity index (χ1) is 8.46. The second-order valence-corrected chi connectivity index (χ2v) is 3.94. The molecule has 0 aromatic heterocycles. The molecule has 3 nitrogen and oxygen atoms in total. The highest BCUT2D eigenvalue weighted by Gasteiger charge is 2.31. The van der Waals surface area contributed by atoms with Gasteiger partial charge >= 0.3 is 6.36 Å². The van der Waals surface area contributed by atoms with Crippen molar-refractivity contribution in [2.45, 2.75) is 12.4 Å². The highest BCUT2D eigenvalue weighted by Crippen LogP contribution is 2.27. The summed E-state index contributed by atoms with van der Waals surface area (Å²) in [6, 6.07) is 2.67. The van der Waals surface area contributed by atoms with Gasteiger partial charge in [-0.25, -0.2) is 4.39 Å². The molecule has 0 bridgehead atoms. The average Bonchev–Trinajstić information content (AvgIpc) is 2.31. The number of alkyl halides is 3. The molecule has 2 rings (SSSR count). The molecule has 1 heterocycles. The SMILES string of the molecule is Cl.Fc1ccc(OC(F)(F)F)cc1[C@H]1CNCCN1. The molecule has 0 amide bonds. The normalized spacial score (nSPS) is 19.7. The first-order valence-electron chi connectivity index (χ1n) is 5.45. The Labute approximate surface area is 113 Å². The van der Waals surface area contributed by atoms with Gasteiger partial charge in [0.1, 0.15) is 11.6 Å². The summed E-state index contributed by atoms with van der Waals surface area (Å²) in [6.07, 6.45) is -4.77. The van der Waals surface area contributed by atoms with Gasteiger partial charge in [0.15, 0.2) is 0 Å². The van der Waals surface area contributed by atoms with E-state index < -0.39 is 17.9 Å². The van der Waals surface area contributed by atoms with Crippen LogP contribution in [0.2, 0.25) is 0 Å². The smallest absolute Gasteiger partial charge is 0.406 e. The van der Waals surface area contributed by atoms with E-state index in [1.165, 1.54) is 0 Å².